The molecule has 4 aromatic rings. The van der Waals surface area contributed by atoms with Crippen LogP contribution in [0.1, 0.15) is 15.9 Å². The van der Waals surface area contributed by atoms with Crippen molar-refractivity contribution in [3.8, 4) is 11.3 Å². The number of carbonyl (C=O) groups is 1. The van der Waals surface area contributed by atoms with Gasteiger partial charge in [-0.25, -0.2) is 0 Å². The van der Waals surface area contributed by atoms with E-state index in [9.17, 15) is 14.8 Å². The number of rotatable bonds is 7. The number of anilines is 1. The summed E-state index contributed by atoms with van der Waals surface area (Å²) in [6.45, 7) is 0.454. The Balaban J connectivity index is 1.76. The molecule has 0 bridgehead atoms. The van der Waals surface area contributed by atoms with E-state index in [-0.39, 0.29) is 0 Å². The predicted octanol–water partition coefficient (Wildman–Crippen LogP) is 3.16. The number of nitrogens with two attached hydrogens (primary N) is 1. The lowest BCUT2D eigenvalue weighted by molar-refractivity contribution is 0.100. The number of fused-ring (bicyclic) bond motifs is 1. The molecule has 0 radical (unpaired) electrons. The fourth-order valence-corrected chi connectivity index (χ4v) is 4.22. The topological polar surface area (TPSA) is 99.9 Å². The Morgan fingerprint density at radius 3 is 2.45 bits per heavy atom. The average Bonchev–Trinajstić information content (AvgIpc) is 3.17. The average molecular weight is 432 g/mol. The van der Waals surface area contributed by atoms with Gasteiger partial charge in [0.1, 0.15) is 11.3 Å². The Labute approximate surface area is 184 Å². The van der Waals surface area contributed by atoms with Crippen molar-refractivity contribution >= 4 is 47.1 Å². The van der Waals surface area contributed by atoms with E-state index in [4.69, 9.17) is 10.2 Å². The van der Waals surface area contributed by atoms with Crippen molar-refractivity contribution in [2.75, 3.05) is 10.6 Å². The van der Waals surface area contributed by atoms with Gasteiger partial charge in [-0.3, -0.25) is 4.79 Å². The van der Waals surface area contributed by atoms with Crippen LogP contribution in [0.4, 0.5) is 5.69 Å². The van der Waals surface area contributed by atoms with Gasteiger partial charge in [-0.05, 0) is 23.2 Å². The minimum Gasteiger partial charge on any atom is -0.455 e. The largest absolute Gasteiger partial charge is 0.488 e. The third-order valence-electron chi connectivity index (χ3n) is 5.11. The molecule has 0 aliphatic carbocycles. The quantitative estimate of drug-likeness (QED) is 0.307. The summed E-state index contributed by atoms with van der Waals surface area (Å²) in [5.74, 6) is -0.0948. The second-order valence-corrected chi connectivity index (χ2v) is 7.81. The van der Waals surface area contributed by atoms with E-state index in [1.165, 1.54) is 11.9 Å². The fourth-order valence-electron chi connectivity index (χ4n) is 3.62. The molecule has 0 spiro atoms. The molecule has 1 aromatic heterocycles. The second-order valence-electron chi connectivity index (χ2n) is 7.01. The lowest BCUT2D eigenvalue weighted by atomic mass is 9.77. The summed E-state index contributed by atoms with van der Waals surface area (Å²) < 4.78 is 8.09. The van der Waals surface area contributed by atoms with Crippen molar-refractivity contribution in [2.45, 2.75) is 6.54 Å². The Morgan fingerprint density at radius 1 is 1.06 bits per heavy atom. The highest BCUT2D eigenvalue weighted by Gasteiger charge is 2.22. The highest BCUT2D eigenvalue weighted by Crippen LogP contribution is 2.36. The van der Waals surface area contributed by atoms with Gasteiger partial charge in [0.2, 0.25) is 0 Å². The fraction of sp³-hybridized carbons (Fsp3) is 0.0870. The number of benzene rings is 3. The Bertz CT molecular complexity index is 1230. The molecule has 1 heterocycles. The van der Waals surface area contributed by atoms with Crippen LogP contribution in [0.15, 0.2) is 77.2 Å². The first-order chi connectivity index (χ1) is 15.0. The Morgan fingerprint density at radius 2 is 1.77 bits per heavy atom. The van der Waals surface area contributed by atoms with Crippen LogP contribution in [0.3, 0.4) is 0 Å². The summed E-state index contributed by atoms with van der Waals surface area (Å²) in [4.78, 5) is 12.2. The summed E-state index contributed by atoms with van der Waals surface area (Å²) >= 11 is 1.50. The maximum atomic E-state index is 12.2. The molecule has 156 valence electrons. The molecule has 4 rings (SSSR count). The molecule has 1 amide bonds. The van der Waals surface area contributed by atoms with E-state index in [1.54, 1.807) is 12.1 Å². The first kappa shape index (κ1) is 21.1. The van der Waals surface area contributed by atoms with Crippen molar-refractivity contribution in [1.82, 2.24) is 0 Å². The van der Waals surface area contributed by atoms with Gasteiger partial charge in [-0.2, -0.15) is 0 Å². The van der Waals surface area contributed by atoms with E-state index in [2.05, 4.69) is 0 Å². The molecular weight excluding hydrogens is 411 g/mol. The molecule has 6 nitrogen and oxygen atoms in total. The number of furan rings is 1. The predicted molar refractivity (Wildman–Crippen MR) is 126 cm³/mol. The summed E-state index contributed by atoms with van der Waals surface area (Å²) in [7, 11) is -1.54. The van der Waals surface area contributed by atoms with Crippen LogP contribution < -0.4 is 15.5 Å². The van der Waals surface area contributed by atoms with Crippen LogP contribution >= 0.6 is 11.9 Å². The van der Waals surface area contributed by atoms with Gasteiger partial charge >= 0.3 is 7.12 Å². The number of primary amides is 1. The summed E-state index contributed by atoms with van der Waals surface area (Å²) in [6.07, 6.45) is 1.94. The lowest BCUT2D eigenvalue weighted by Gasteiger charge is -2.23. The molecule has 0 atom stereocenters. The van der Waals surface area contributed by atoms with Gasteiger partial charge in [-0.15, -0.1) is 0 Å². The minimum absolute atomic E-state index is 0.359. The maximum absolute atomic E-state index is 12.2. The standard InChI is InChI=1S/C23H21BN2O4S/c1-31-26(14-16-9-5-6-10-19(16)24(28)29)17-11-12-18-20(13-17)30-22(21(18)23(25)27)15-7-3-2-4-8-15/h2-13,28-29H,14H2,1H3,(H2,25,27). The van der Waals surface area contributed by atoms with Crippen molar-refractivity contribution in [2.24, 2.45) is 5.73 Å². The van der Waals surface area contributed by atoms with Gasteiger partial charge in [0, 0.05) is 23.3 Å². The number of hydrogen-bond donors (Lipinski definition) is 3. The third-order valence-corrected chi connectivity index (χ3v) is 5.89. The highest BCUT2D eigenvalue weighted by molar-refractivity contribution is 7.99. The Hall–Kier alpha value is -3.20. The zero-order valence-electron chi connectivity index (χ0n) is 16.9. The van der Waals surface area contributed by atoms with Gasteiger partial charge in [0.15, 0.2) is 0 Å². The molecule has 3 aromatic carbocycles. The number of carbonyl (C=O) groups excluding carboxylic acids is 1. The van der Waals surface area contributed by atoms with Crippen LogP contribution in [0, 0.1) is 0 Å². The SMILES string of the molecule is CSN(Cc1ccccc1B(O)O)c1ccc2c(C(N)=O)c(-c3ccccc3)oc2c1. The zero-order valence-corrected chi connectivity index (χ0v) is 17.7. The van der Waals surface area contributed by atoms with E-state index >= 15 is 0 Å². The van der Waals surface area contributed by atoms with E-state index < -0.39 is 13.0 Å². The molecule has 8 heteroatoms. The first-order valence-corrected chi connectivity index (χ1v) is 10.8. The highest BCUT2D eigenvalue weighted by atomic mass is 32.2. The van der Waals surface area contributed by atoms with Gasteiger partial charge in [-0.1, -0.05) is 66.5 Å². The second kappa shape index (κ2) is 8.89. The van der Waals surface area contributed by atoms with Crippen LogP contribution in [0.25, 0.3) is 22.3 Å². The molecule has 0 aliphatic heterocycles. The van der Waals surface area contributed by atoms with E-state index in [0.29, 0.717) is 34.3 Å². The van der Waals surface area contributed by atoms with Crippen LogP contribution in [0.5, 0.6) is 0 Å². The molecular formula is C23H21BN2O4S. The lowest BCUT2D eigenvalue weighted by Crippen LogP contribution is -2.34. The molecule has 0 saturated heterocycles. The monoisotopic (exact) mass is 432 g/mol. The van der Waals surface area contributed by atoms with Crippen LogP contribution in [-0.2, 0) is 6.54 Å². The van der Waals surface area contributed by atoms with Crippen molar-refractivity contribution < 1.29 is 19.3 Å². The summed E-state index contributed by atoms with van der Waals surface area (Å²) in [5, 5.41) is 20.0. The number of hydrogen-bond acceptors (Lipinski definition) is 6. The first-order valence-electron chi connectivity index (χ1n) is 9.67. The van der Waals surface area contributed by atoms with Crippen molar-refractivity contribution in [1.29, 1.82) is 0 Å². The molecule has 0 unspecified atom stereocenters. The van der Waals surface area contributed by atoms with Crippen molar-refractivity contribution in [3.05, 3.63) is 83.9 Å². The minimum atomic E-state index is -1.54. The smallest absolute Gasteiger partial charge is 0.455 e. The van der Waals surface area contributed by atoms with Gasteiger partial charge in [0.25, 0.3) is 5.91 Å². The number of nitrogens with zero attached hydrogens (tertiary/aromatic N) is 1. The van der Waals surface area contributed by atoms with Crippen molar-refractivity contribution in [3.63, 3.8) is 0 Å². The van der Waals surface area contributed by atoms with E-state index in [0.717, 1.165) is 16.8 Å². The number of amides is 1. The van der Waals surface area contributed by atoms with Crippen LogP contribution in [-0.4, -0.2) is 29.3 Å². The Kier molecular flexibility index (Phi) is 6.04. The van der Waals surface area contributed by atoms with Gasteiger partial charge in [0.05, 0.1) is 17.8 Å². The molecule has 0 aliphatic rings. The molecule has 31 heavy (non-hydrogen) atoms. The van der Waals surface area contributed by atoms with Gasteiger partial charge < -0.3 is 24.5 Å². The molecule has 0 saturated carbocycles. The summed E-state index contributed by atoms with van der Waals surface area (Å²) in [5.41, 5.74) is 9.48. The zero-order chi connectivity index (χ0) is 22.0. The maximum Gasteiger partial charge on any atom is 0.488 e. The molecule has 4 N–H and O–H groups in total. The third kappa shape index (κ3) is 4.18. The van der Waals surface area contributed by atoms with E-state index in [1.807, 2.05) is 71.2 Å². The van der Waals surface area contributed by atoms with Crippen LogP contribution in [0.2, 0.25) is 0 Å². The normalized spacial score (nSPS) is 10.9. The molecule has 0 fully saturated rings. The summed E-state index contributed by atoms with van der Waals surface area (Å²) in [6, 6.07) is 22.2.